The SMILES string of the molecule is CC(C)(Cc1ccccc1)NS(=O)(=O)F. The Hall–Kier alpha value is -0.940. The summed E-state index contributed by atoms with van der Waals surface area (Å²) >= 11 is 0. The summed E-state index contributed by atoms with van der Waals surface area (Å²) < 4.78 is 35.3. The van der Waals surface area contributed by atoms with Gasteiger partial charge in [0, 0.05) is 5.54 Å². The molecule has 0 bridgehead atoms. The zero-order valence-corrected chi connectivity index (χ0v) is 9.51. The molecule has 15 heavy (non-hydrogen) atoms. The number of halogens is 1. The molecule has 0 saturated heterocycles. The van der Waals surface area contributed by atoms with E-state index in [1.807, 2.05) is 35.1 Å². The van der Waals surface area contributed by atoms with Crippen molar-refractivity contribution >= 4 is 10.4 Å². The number of nitrogens with one attached hydrogen (secondary N) is 1. The maximum Gasteiger partial charge on any atom is 0.372 e. The highest BCUT2D eigenvalue weighted by atomic mass is 32.3. The fourth-order valence-corrected chi connectivity index (χ4v) is 2.20. The van der Waals surface area contributed by atoms with E-state index in [4.69, 9.17) is 0 Å². The Morgan fingerprint density at radius 2 is 1.80 bits per heavy atom. The highest BCUT2D eigenvalue weighted by Crippen LogP contribution is 2.13. The van der Waals surface area contributed by atoms with Gasteiger partial charge in [-0.25, -0.2) is 0 Å². The van der Waals surface area contributed by atoms with Crippen LogP contribution in [0.15, 0.2) is 30.3 Å². The van der Waals surface area contributed by atoms with Crippen molar-refractivity contribution in [1.29, 1.82) is 0 Å². The smallest absolute Gasteiger partial charge is 0.182 e. The van der Waals surface area contributed by atoms with Crippen LogP contribution in [0.4, 0.5) is 3.89 Å². The number of hydrogen-bond donors (Lipinski definition) is 1. The quantitative estimate of drug-likeness (QED) is 0.803. The lowest BCUT2D eigenvalue weighted by Crippen LogP contribution is -2.43. The van der Waals surface area contributed by atoms with Crippen molar-refractivity contribution < 1.29 is 12.3 Å². The van der Waals surface area contributed by atoms with Crippen molar-refractivity contribution in [2.75, 3.05) is 0 Å². The predicted octanol–water partition coefficient (Wildman–Crippen LogP) is 1.81. The summed E-state index contributed by atoms with van der Waals surface area (Å²) in [6.07, 6.45) is 0.441. The van der Waals surface area contributed by atoms with Gasteiger partial charge in [0.1, 0.15) is 0 Å². The summed E-state index contributed by atoms with van der Waals surface area (Å²) in [5, 5.41) is 0. The van der Waals surface area contributed by atoms with Crippen LogP contribution in [0.1, 0.15) is 19.4 Å². The molecule has 0 heterocycles. The van der Waals surface area contributed by atoms with Crippen LogP contribution >= 0.6 is 0 Å². The van der Waals surface area contributed by atoms with Crippen LogP contribution < -0.4 is 4.72 Å². The van der Waals surface area contributed by atoms with Gasteiger partial charge in [0.2, 0.25) is 0 Å². The van der Waals surface area contributed by atoms with Crippen LogP contribution in [0.5, 0.6) is 0 Å². The van der Waals surface area contributed by atoms with E-state index >= 15 is 0 Å². The Morgan fingerprint density at radius 3 is 2.27 bits per heavy atom. The summed E-state index contributed by atoms with van der Waals surface area (Å²) in [7, 11) is -4.65. The zero-order valence-electron chi connectivity index (χ0n) is 8.70. The molecule has 0 spiro atoms. The van der Waals surface area contributed by atoms with E-state index in [0.717, 1.165) is 5.56 Å². The predicted molar refractivity (Wildman–Crippen MR) is 57.4 cm³/mol. The Kier molecular flexibility index (Phi) is 3.46. The van der Waals surface area contributed by atoms with Crippen molar-refractivity contribution in [3.05, 3.63) is 35.9 Å². The fraction of sp³-hybridized carbons (Fsp3) is 0.400. The van der Waals surface area contributed by atoms with Gasteiger partial charge >= 0.3 is 10.4 Å². The molecule has 0 saturated carbocycles. The van der Waals surface area contributed by atoms with Gasteiger partial charge in [-0.3, -0.25) is 0 Å². The second-order valence-corrected chi connectivity index (χ2v) is 5.17. The molecule has 0 fully saturated rings. The third-order valence-corrected chi connectivity index (χ3v) is 2.68. The molecule has 0 aromatic heterocycles. The standard InChI is InChI=1S/C10H14FNO2S/c1-10(2,12-15(11,13)14)8-9-6-4-3-5-7-9/h3-7,12H,8H2,1-2H3. The molecule has 0 aliphatic carbocycles. The van der Waals surface area contributed by atoms with Gasteiger partial charge in [-0.1, -0.05) is 34.2 Å². The minimum absolute atomic E-state index is 0.441. The fourth-order valence-electron chi connectivity index (χ4n) is 1.47. The molecular formula is C10H14FNO2S. The molecule has 0 unspecified atom stereocenters. The largest absolute Gasteiger partial charge is 0.372 e. The molecule has 0 radical (unpaired) electrons. The van der Waals surface area contributed by atoms with Gasteiger partial charge in [-0.05, 0) is 25.8 Å². The Morgan fingerprint density at radius 1 is 1.27 bits per heavy atom. The lowest BCUT2D eigenvalue weighted by Gasteiger charge is -2.23. The molecule has 1 N–H and O–H groups in total. The average Bonchev–Trinajstić information content (AvgIpc) is 1.99. The van der Waals surface area contributed by atoms with Crippen molar-refractivity contribution in [2.45, 2.75) is 25.8 Å². The first kappa shape index (κ1) is 12.1. The van der Waals surface area contributed by atoms with E-state index in [-0.39, 0.29) is 0 Å². The molecule has 1 rings (SSSR count). The third kappa shape index (κ3) is 4.90. The normalized spacial score (nSPS) is 12.7. The molecule has 1 aromatic rings. The first-order valence-electron chi connectivity index (χ1n) is 4.56. The molecule has 0 aliphatic rings. The van der Waals surface area contributed by atoms with Crippen molar-refractivity contribution in [3.63, 3.8) is 0 Å². The Labute approximate surface area is 89.7 Å². The lowest BCUT2D eigenvalue weighted by atomic mass is 9.96. The van der Waals surface area contributed by atoms with Crippen LogP contribution in [0.25, 0.3) is 0 Å². The molecule has 0 aliphatic heterocycles. The maximum atomic E-state index is 12.4. The molecule has 84 valence electrons. The summed E-state index contributed by atoms with van der Waals surface area (Å²) in [6, 6.07) is 9.32. The van der Waals surface area contributed by atoms with Gasteiger partial charge in [-0.2, -0.15) is 13.1 Å². The van der Waals surface area contributed by atoms with Crippen LogP contribution in [0.3, 0.4) is 0 Å². The third-order valence-electron chi connectivity index (χ3n) is 1.89. The first-order chi connectivity index (χ1) is 6.79. The molecule has 0 atom stereocenters. The minimum Gasteiger partial charge on any atom is -0.182 e. The van der Waals surface area contributed by atoms with Crippen LogP contribution in [0, 0.1) is 0 Å². The Bertz CT molecular complexity index is 414. The van der Waals surface area contributed by atoms with Crippen molar-refractivity contribution in [1.82, 2.24) is 4.72 Å². The van der Waals surface area contributed by atoms with Crippen LogP contribution in [-0.2, 0) is 16.8 Å². The molecular weight excluding hydrogens is 217 g/mol. The second-order valence-electron chi connectivity index (χ2n) is 4.09. The van der Waals surface area contributed by atoms with E-state index in [0.29, 0.717) is 6.42 Å². The van der Waals surface area contributed by atoms with E-state index in [1.165, 1.54) is 0 Å². The zero-order chi connectivity index (χ0) is 11.5. The molecule has 0 amide bonds. The number of benzene rings is 1. The van der Waals surface area contributed by atoms with Gasteiger partial charge in [-0.15, -0.1) is 0 Å². The number of rotatable bonds is 4. The van der Waals surface area contributed by atoms with E-state index in [9.17, 15) is 12.3 Å². The summed E-state index contributed by atoms with van der Waals surface area (Å²) in [5.41, 5.74) is 0.133. The van der Waals surface area contributed by atoms with Gasteiger partial charge < -0.3 is 0 Å². The van der Waals surface area contributed by atoms with E-state index in [1.54, 1.807) is 13.8 Å². The van der Waals surface area contributed by atoms with Crippen molar-refractivity contribution in [3.8, 4) is 0 Å². The monoisotopic (exact) mass is 231 g/mol. The Balaban J connectivity index is 2.73. The van der Waals surface area contributed by atoms with Crippen LogP contribution in [0.2, 0.25) is 0 Å². The van der Waals surface area contributed by atoms with E-state index in [2.05, 4.69) is 0 Å². The van der Waals surface area contributed by atoms with Gasteiger partial charge in [0.05, 0.1) is 0 Å². The van der Waals surface area contributed by atoms with Gasteiger partial charge in [0.15, 0.2) is 0 Å². The van der Waals surface area contributed by atoms with E-state index < -0.39 is 15.9 Å². The van der Waals surface area contributed by atoms with Crippen molar-refractivity contribution in [2.24, 2.45) is 0 Å². The maximum absolute atomic E-state index is 12.4. The lowest BCUT2D eigenvalue weighted by molar-refractivity contribution is 0.433. The summed E-state index contributed by atoms with van der Waals surface area (Å²) in [5.74, 6) is 0. The summed E-state index contributed by atoms with van der Waals surface area (Å²) in [6.45, 7) is 3.27. The highest BCUT2D eigenvalue weighted by Gasteiger charge is 2.24. The topological polar surface area (TPSA) is 46.2 Å². The van der Waals surface area contributed by atoms with Crippen LogP contribution in [-0.4, -0.2) is 14.0 Å². The number of hydrogen-bond acceptors (Lipinski definition) is 2. The first-order valence-corrected chi connectivity index (χ1v) is 5.94. The molecule has 3 nitrogen and oxygen atoms in total. The average molecular weight is 231 g/mol. The second kappa shape index (κ2) is 4.28. The van der Waals surface area contributed by atoms with Gasteiger partial charge in [0.25, 0.3) is 0 Å². The molecule has 1 aromatic carbocycles. The summed E-state index contributed by atoms with van der Waals surface area (Å²) in [4.78, 5) is 0. The highest BCUT2D eigenvalue weighted by molar-refractivity contribution is 7.84. The molecule has 5 heteroatoms. The minimum atomic E-state index is -4.65.